The molecule has 1 aliphatic rings. The highest BCUT2D eigenvalue weighted by Gasteiger charge is 2.20. The molecule has 1 aliphatic heterocycles. The molecule has 3 aromatic rings. The molecule has 3 heterocycles. The second-order valence-electron chi connectivity index (χ2n) is 6.40. The van der Waals surface area contributed by atoms with Crippen LogP contribution in [0.3, 0.4) is 0 Å². The van der Waals surface area contributed by atoms with Crippen LogP contribution in [0.4, 0.5) is 0 Å². The monoisotopic (exact) mass is 324 g/mol. The Balaban J connectivity index is 1.52. The maximum Gasteiger partial charge on any atom is 0.328 e. The summed E-state index contributed by atoms with van der Waals surface area (Å²) in [5, 5.41) is 1.30. The van der Waals surface area contributed by atoms with Crippen molar-refractivity contribution in [3.63, 3.8) is 0 Å². The molecule has 0 saturated carbocycles. The molecule has 6 heteroatoms. The average Bonchev–Trinajstić information content (AvgIpc) is 2.91. The van der Waals surface area contributed by atoms with Gasteiger partial charge in [-0.15, -0.1) is 0 Å². The molecule has 0 spiro atoms. The van der Waals surface area contributed by atoms with Gasteiger partial charge in [-0.25, -0.2) is 4.79 Å². The van der Waals surface area contributed by atoms with Gasteiger partial charge in [0.2, 0.25) is 0 Å². The highest BCUT2D eigenvalue weighted by molar-refractivity contribution is 5.84. The molecule has 0 saturated heterocycles. The number of rotatable bonds is 3. The van der Waals surface area contributed by atoms with Crippen molar-refractivity contribution >= 4 is 10.9 Å². The van der Waals surface area contributed by atoms with Crippen LogP contribution < -0.4 is 11.2 Å². The third kappa shape index (κ3) is 2.59. The molecule has 4 rings (SSSR count). The maximum atomic E-state index is 12.0. The van der Waals surface area contributed by atoms with E-state index in [1.165, 1.54) is 32.8 Å². The van der Waals surface area contributed by atoms with E-state index >= 15 is 0 Å². The zero-order chi connectivity index (χ0) is 16.7. The SMILES string of the molecule is Cc1cc(=O)n(CCN2CCc3c([nH]c4ccccc34)C2)c(=O)[nH]1. The van der Waals surface area contributed by atoms with E-state index in [-0.39, 0.29) is 11.2 Å². The average molecular weight is 324 g/mol. The standard InChI is InChI=1S/C18H20N4O2/c1-12-10-17(23)22(18(24)19-12)9-8-21-7-6-14-13-4-2-3-5-15(13)20-16(14)11-21/h2-5,10,20H,6-9,11H2,1H3,(H,19,24). The molecule has 6 nitrogen and oxygen atoms in total. The van der Waals surface area contributed by atoms with Gasteiger partial charge in [0.25, 0.3) is 5.56 Å². The third-order valence-electron chi connectivity index (χ3n) is 4.76. The Hall–Kier alpha value is -2.60. The summed E-state index contributed by atoms with van der Waals surface area (Å²) in [4.78, 5) is 32.4. The number of aryl methyl sites for hydroxylation is 1. The first-order chi connectivity index (χ1) is 11.6. The Morgan fingerprint density at radius 3 is 2.79 bits per heavy atom. The highest BCUT2D eigenvalue weighted by Crippen LogP contribution is 2.27. The quantitative estimate of drug-likeness (QED) is 0.764. The number of hydrogen-bond donors (Lipinski definition) is 2. The summed E-state index contributed by atoms with van der Waals surface area (Å²) >= 11 is 0. The smallest absolute Gasteiger partial charge is 0.328 e. The van der Waals surface area contributed by atoms with Gasteiger partial charge in [0.05, 0.1) is 0 Å². The molecule has 0 radical (unpaired) electrons. The minimum atomic E-state index is -0.330. The van der Waals surface area contributed by atoms with E-state index in [1.54, 1.807) is 6.92 Å². The van der Waals surface area contributed by atoms with Gasteiger partial charge in [-0.1, -0.05) is 18.2 Å². The van der Waals surface area contributed by atoms with Crippen molar-refractivity contribution < 1.29 is 0 Å². The van der Waals surface area contributed by atoms with E-state index in [2.05, 4.69) is 33.1 Å². The molecule has 1 aromatic carbocycles. The molecule has 0 fully saturated rings. The molecule has 0 atom stereocenters. The van der Waals surface area contributed by atoms with Crippen molar-refractivity contribution in [3.05, 3.63) is 68.1 Å². The summed E-state index contributed by atoms with van der Waals surface area (Å²) < 4.78 is 1.27. The Bertz CT molecular complexity index is 981. The Morgan fingerprint density at radius 2 is 1.96 bits per heavy atom. The van der Waals surface area contributed by atoms with Crippen LogP contribution in [0.5, 0.6) is 0 Å². The summed E-state index contributed by atoms with van der Waals surface area (Å²) in [6.07, 6.45) is 0.985. The molecular weight excluding hydrogens is 304 g/mol. The lowest BCUT2D eigenvalue weighted by molar-refractivity contribution is 0.239. The Kier molecular flexibility index (Phi) is 3.61. The van der Waals surface area contributed by atoms with E-state index < -0.39 is 0 Å². The van der Waals surface area contributed by atoms with Crippen LogP contribution in [0, 0.1) is 6.92 Å². The first-order valence-corrected chi connectivity index (χ1v) is 8.23. The normalized spacial score (nSPS) is 14.9. The zero-order valence-corrected chi connectivity index (χ0v) is 13.6. The fourth-order valence-corrected chi connectivity index (χ4v) is 3.53. The van der Waals surface area contributed by atoms with E-state index in [0.717, 1.165) is 19.5 Å². The predicted octanol–water partition coefficient (Wildman–Crippen LogP) is 1.38. The van der Waals surface area contributed by atoms with Gasteiger partial charge >= 0.3 is 5.69 Å². The van der Waals surface area contributed by atoms with Crippen LogP contribution >= 0.6 is 0 Å². The van der Waals surface area contributed by atoms with Gasteiger partial charge in [0.15, 0.2) is 0 Å². The molecule has 24 heavy (non-hydrogen) atoms. The van der Waals surface area contributed by atoms with Gasteiger partial charge in [0, 0.05) is 54.5 Å². The van der Waals surface area contributed by atoms with E-state index in [0.29, 0.717) is 18.8 Å². The topological polar surface area (TPSA) is 73.9 Å². The fraction of sp³-hybridized carbons (Fsp3) is 0.333. The second-order valence-corrected chi connectivity index (χ2v) is 6.40. The number of nitrogens with zero attached hydrogens (tertiary/aromatic N) is 2. The van der Waals surface area contributed by atoms with Crippen LogP contribution in [0.25, 0.3) is 10.9 Å². The number of aromatic amines is 2. The Labute approximate surface area is 138 Å². The number of para-hydroxylation sites is 1. The van der Waals surface area contributed by atoms with Crippen molar-refractivity contribution in [1.29, 1.82) is 0 Å². The number of H-pyrrole nitrogens is 2. The molecule has 124 valence electrons. The highest BCUT2D eigenvalue weighted by atomic mass is 16.2. The lowest BCUT2D eigenvalue weighted by Gasteiger charge is -2.26. The third-order valence-corrected chi connectivity index (χ3v) is 4.76. The fourth-order valence-electron chi connectivity index (χ4n) is 3.53. The van der Waals surface area contributed by atoms with Crippen molar-refractivity contribution in [2.45, 2.75) is 26.4 Å². The summed E-state index contributed by atoms with van der Waals surface area (Å²) in [6.45, 7) is 4.57. The lowest BCUT2D eigenvalue weighted by Crippen LogP contribution is -2.40. The first-order valence-electron chi connectivity index (χ1n) is 8.23. The maximum absolute atomic E-state index is 12.0. The van der Waals surface area contributed by atoms with Crippen molar-refractivity contribution in [2.75, 3.05) is 13.1 Å². The molecule has 0 aliphatic carbocycles. The molecular formula is C18H20N4O2. The number of nitrogens with one attached hydrogen (secondary N) is 2. The Morgan fingerprint density at radius 1 is 1.12 bits per heavy atom. The van der Waals surface area contributed by atoms with Gasteiger partial charge in [-0.3, -0.25) is 14.3 Å². The largest absolute Gasteiger partial charge is 0.357 e. The van der Waals surface area contributed by atoms with Crippen LogP contribution in [0.1, 0.15) is 17.0 Å². The molecule has 2 aromatic heterocycles. The van der Waals surface area contributed by atoms with Gasteiger partial charge in [-0.05, 0) is 25.0 Å². The first kappa shape index (κ1) is 15.0. The minimum absolute atomic E-state index is 0.237. The lowest BCUT2D eigenvalue weighted by atomic mass is 10.0. The molecule has 0 bridgehead atoms. The van der Waals surface area contributed by atoms with Crippen molar-refractivity contribution in [1.82, 2.24) is 19.4 Å². The summed E-state index contributed by atoms with van der Waals surface area (Å²) in [5.41, 5.74) is 3.85. The predicted molar refractivity (Wildman–Crippen MR) is 93.3 cm³/mol. The minimum Gasteiger partial charge on any atom is -0.357 e. The number of hydrogen-bond acceptors (Lipinski definition) is 3. The van der Waals surface area contributed by atoms with Crippen molar-refractivity contribution in [3.8, 4) is 0 Å². The number of aromatic nitrogens is 3. The molecule has 0 amide bonds. The number of benzene rings is 1. The number of fused-ring (bicyclic) bond motifs is 3. The van der Waals surface area contributed by atoms with Crippen LogP contribution in [-0.4, -0.2) is 32.5 Å². The van der Waals surface area contributed by atoms with E-state index in [4.69, 9.17) is 0 Å². The van der Waals surface area contributed by atoms with Crippen LogP contribution in [0.15, 0.2) is 39.9 Å². The zero-order valence-electron chi connectivity index (χ0n) is 13.6. The summed E-state index contributed by atoms with van der Waals surface area (Å²) in [7, 11) is 0. The van der Waals surface area contributed by atoms with E-state index in [1.807, 2.05) is 6.07 Å². The van der Waals surface area contributed by atoms with Gasteiger partial charge in [0.1, 0.15) is 0 Å². The van der Waals surface area contributed by atoms with Crippen LogP contribution in [-0.2, 0) is 19.5 Å². The van der Waals surface area contributed by atoms with Crippen LogP contribution in [0.2, 0.25) is 0 Å². The molecule has 0 unspecified atom stereocenters. The molecule has 2 N–H and O–H groups in total. The van der Waals surface area contributed by atoms with Crippen molar-refractivity contribution in [2.24, 2.45) is 0 Å². The second kappa shape index (κ2) is 5.79. The van der Waals surface area contributed by atoms with Gasteiger partial charge < -0.3 is 9.97 Å². The van der Waals surface area contributed by atoms with Gasteiger partial charge in [-0.2, -0.15) is 0 Å². The summed E-state index contributed by atoms with van der Waals surface area (Å²) in [6, 6.07) is 9.83. The van der Waals surface area contributed by atoms with E-state index in [9.17, 15) is 9.59 Å². The summed E-state index contributed by atoms with van der Waals surface area (Å²) in [5.74, 6) is 0.